The van der Waals surface area contributed by atoms with Crippen LogP contribution in [0.25, 0.3) is 0 Å². The summed E-state index contributed by atoms with van der Waals surface area (Å²) in [7, 11) is 0. The maximum absolute atomic E-state index is 12.9. The Morgan fingerprint density at radius 3 is 2.96 bits per heavy atom. The molecule has 2 N–H and O–H groups in total. The van der Waals surface area contributed by atoms with Crippen molar-refractivity contribution in [1.82, 2.24) is 14.8 Å². The summed E-state index contributed by atoms with van der Waals surface area (Å²) < 4.78 is 0. The lowest BCUT2D eigenvalue weighted by Gasteiger charge is -2.27. The van der Waals surface area contributed by atoms with Crippen LogP contribution < -0.4 is 5.73 Å². The third kappa shape index (κ3) is 3.93. The molecular weight excluding hydrogens is 356 g/mol. The minimum atomic E-state index is 0.203. The first-order valence-corrected chi connectivity index (χ1v) is 10.8. The van der Waals surface area contributed by atoms with Crippen molar-refractivity contribution < 1.29 is 4.79 Å². The van der Waals surface area contributed by atoms with Gasteiger partial charge in [-0.3, -0.25) is 14.7 Å². The summed E-state index contributed by atoms with van der Waals surface area (Å²) in [5.41, 5.74) is 10.4. The van der Waals surface area contributed by atoms with Crippen LogP contribution in [0.1, 0.15) is 45.4 Å². The quantitative estimate of drug-likeness (QED) is 0.861. The molecular formula is C21H28N4OS. The predicted octanol–water partition coefficient (Wildman–Crippen LogP) is 2.68. The van der Waals surface area contributed by atoms with Gasteiger partial charge in [0.1, 0.15) is 0 Å². The van der Waals surface area contributed by atoms with Crippen LogP contribution in [-0.2, 0) is 25.9 Å². The number of amides is 1. The predicted molar refractivity (Wildman–Crippen MR) is 109 cm³/mol. The first-order chi connectivity index (χ1) is 13.2. The van der Waals surface area contributed by atoms with E-state index < -0.39 is 0 Å². The van der Waals surface area contributed by atoms with Crippen molar-refractivity contribution in [3.63, 3.8) is 0 Å². The summed E-state index contributed by atoms with van der Waals surface area (Å²) >= 11 is 1.73. The van der Waals surface area contributed by atoms with Gasteiger partial charge in [0.2, 0.25) is 0 Å². The number of nitrogens with two attached hydrogens (primary N) is 1. The molecule has 0 saturated carbocycles. The van der Waals surface area contributed by atoms with Crippen LogP contribution in [-0.4, -0.2) is 46.9 Å². The Hall–Kier alpha value is -1.76. The van der Waals surface area contributed by atoms with Crippen molar-refractivity contribution in [2.45, 2.75) is 39.3 Å². The van der Waals surface area contributed by atoms with Crippen molar-refractivity contribution in [2.24, 2.45) is 11.7 Å². The highest BCUT2D eigenvalue weighted by molar-refractivity contribution is 7.10. The summed E-state index contributed by atoms with van der Waals surface area (Å²) in [6.45, 7) is 7.24. The van der Waals surface area contributed by atoms with Crippen LogP contribution in [0.3, 0.4) is 0 Å². The zero-order valence-electron chi connectivity index (χ0n) is 16.0. The number of likely N-dealkylation sites (tertiary alicyclic amines) is 1. The van der Waals surface area contributed by atoms with E-state index in [2.05, 4.69) is 34.3 Å². The number of aryl methyl sites for hydroxylation is 1. The molecule has 4 heterocycles. The van der Waals surface area contributed by atoms with Crippen molar-refractivity contribution in [3.8, 4) is 0 Å². The number of pyridine rings is 1. The number of hydrogen-bond donors (Lipinski definition) is 1. The van der Waals surface area contributed by atoms with Gasteiger partial charge in [0.25, 0.3) is 5.91 Å². The minimum Gasteiger partial charge on any atom is -0.338 e. The van der Waals surface area contributed by atoms with E-state index in [9.17, 15) is 4.79 Å². The molecule has 0 bridgehead atoms. The number of carbonyl (C=O) groups excluding carboxylic acids is 1. The number of aromatic nitrogens is 1. The second-order valence-electron chi connectivity index (χ2n) is 7.66. The van der Waals surface area contributed by atoms with Crippen LogP contribution in [0.5, 0.6) is 0 Å². The van der Waals surface area contributed by atoms with Crippen molar-refractivity contribution >= 4 is 17.2 Å². The Labute approximate surface area is 165 Å². The number of thiophene rings is 1. The summed E-state index contributed by atoms with van der Waals surface area (Å²) in [6.07, 6.45) is 4.99. The summed E-state index contributed by atoms with van der Waals surface area (Å²) in [6, 6.07) is 4.31. The molecule has 0 aliphatic carbocycles. The molecule has 0 radical (unpaired) electrons. The normalized spacial score (nSPS) is 20.1. The third-order valence-corrected chi connectivity index (χ3v) is 6.86. The van der Waals surface area contributed by atoms with Gasteiger partial charge < -0.3 is 10.6 Å². The van der Waals surface area contributed by atoms with Gasteiger partial charge in [-0.15, -0.1) is 11.3 Å². The molecule has 2 aromatic heterocycles. The molecule has 1 unspecified atom stereocenters. The zero-order chi connectivity index (χ0) is 18.8. The van der Waals surface area contributed by atoms with Gasteiger partial charge in [-0.05, 0) is 48.9 Å². The average molecular weight is 385 g/mol. The van der Waals surface area contributed by atoms with E-state index in [0.717, 1.165) is 63.2 Å². The van der Waals surface area contributed by atoms with E-state index in [-0.39, 0.29) is 5.91 Å². The van der Waals surface area contributed by atoms with Gasteiger partial charge in [-0.25, -0.2) is 0 Å². The lowest BCUT2D eigenvalue weighted by atomic mass is 10.0. The molecule has 5 nitrogen and oxygen atoms in total. The van der Waals surface area contributed by atoms with Crippen molar-refractivity contribution in [1.29, 1.82) is 0 Å². The highest BCUT2D eigenvalue weighted by Gasteiger charge is 2.30. The Morgan fingerprint density at radius 2 is 2.26 bits per heavy atom. The van der Waals surface area contributed by atoms with E-state index in [1.54, 1.807) is 11.3 Å². The Morgan fingerprint density at radius 1 is 1.37 bits per heavy atom. The van der Waals surface area contributed by atoms with Gasteiger partial charge in [0.05, 0.1) is 11.3 Å². The smallest absolute Gasteiger partial charge is 0.254 e. The molecule has 6 heteroatoms. The summed E-state index contributed by atoms with van der Waals surface area (Å²) in [5, 5.41) is 2.07. The molecule has 2 aliphatic heterocycles. The van der Waals surface area contributed by atoms with Gasteiger partial charge in [-0.2, -0.15) is 0 Å². The van der Waals surface area contributed by atoms with Crippen LogP contribution in [0.4, 0.5) is 0 Å². The monoisotopic (exact) mass is 384 g/mol. The maximum atomic E-state index is 12.9. The first-order valence-electron chi connectivity index (χ1n) is 9.92. The molecule has 1 atom stereocenters. The largest absolute Gasteiger partial charge is 0.338 e. The number of rotatable bonds is 5. The molecule has 1 saturated heterocycles. The molecule has 27 heavy (non-hydrogen) atoms. The van der Waals surface area contributed by atoms with Crippen molar-refractivity contribution in [3.05, 3.63) is 51.0 Å². The fraction of sp³-hybridized carbons (Fsp3) is 0.524. The Balaban J connectivity index is 1.41. The highest BCUT2D eigenvalue weighted by atomic mass is 32.1. The van der Waals surface area contributed by atoms with E-state index in [4.69, 9.17) is 5.73 Å². The fourth-order valence-corrected chi connectivity index (χ4v) is 5.18. The number of nitrogens with zero attached hydrogens (tertiary/aromatic N) is 3. The number of hydrogen-bond acceptors (Lipinski definition) is 5. The average Bonchev–Trinajstić information content (AvgIpc) is 3.35. The molecule has 4 rings (SSSR count). The van der Waals surface area contributed by atoms with Crippen LogP contribution in [0.2, 0.25) is 0 Å². The maximum Gasteiger partial charge on any atom is 0.254 e. The highest BCUT2D eigenvalue weighted by Crippen LogP contribution is 2.31. The van der Waals surface area contributed by atoms with E-state index >= 15 is 0 Å². The SMILES string of the molecule is CCc1ccc(CN2CCc3c(C(=O)N4CCC(CN)C4)csc3C2)nc1. The van der Waals surface area contributed by atoms with Crippen LogP contribution in [0.15, 0.2) is 23.7 Å². The first kappa shape index (κ1) is 18.6. The lowest BCUT2D eigenvalue weighted by molar-refractivity contribution is 0.0786. The molecule has 0 spiro atoms. The van der Waals surface area contributed by atoms with E-state index in [1.807, 2.05) is 11.1 Å². The molecule has 144 valence electrons. The van der Waals surface area contributed by atoms with Gasteiger partial charge in [0.15, 0.2) is 0 Å². The van der Waals surface area contributed by atoms with Crippen molar-refractivity contribution in [2.75, 3.05) is 26.2 Å². The van der Waals surface area contributed by atoms with Crippen LogP contribution >= 0.6 is 11.3 Å². The second kappa shape index (κ2) is 8.09. The zero-order valence-corrected chi connectivity index (χ0v) is 16.8. The van der Waals surface area contributed by atoms with Gasteiger partial charge in [-0.1, -0.05) is 13.0 Å². The fourth-order valence-electron chi connectivity index (χ4n) is 4.06. The van der Waals surface area contributed by atoms with Gasteiger partial charge >= 0.3 is 0 Å². The molecule has 2 aliphatic rings. The van der Waals surface area contributed by atoms with Gasteiger partial charge in [0, 0.05) is 49.2 Å². The molecule has 1 amide bonds. The number of fused-ring (bicyclic) bond motifs is 1. The topological polar surface area (TPSA) is 62.5 Å². The van der Waals surface area contributed by atoms with Crippen LogP contribution in [0, 0.1) is 5.92 Å². The van der Waals surface area contributed by atoms with E-state index in [0.29, 0.717) is 12.5 Å². The molecule has 2 aromatic rings. The Bertz CT molecular complexity index is 801. The summed E-state index contributed by atoms with van der Waals surface area (Å²) in [5.74, 6) is 0.666. The Kier molecular flexibility index (Phi) is 5.57. The third-order valence-electron chi connectivity index (χ3n) is 5.84. The standard InChI is InChI=1S/C21H28N4OS/c1-2-15-3-4-17(23-10-15)12-24-7-6-18-19(14-27-20(18)13-24)21(26)25-8-5-16(9-22)11-25/h3-4,10,14,16H,2,5-9,11-13,22H2,1H3. The van der Waals surface area contributed by atoms with E-state index in [1.165, 1.54) is 16.0 Å². The number of carbonyl (C=O) groups is 1. The molecule has 0 aromatic carbocycles. The second-order valence-corrected chi connectivity index (χ2v) is 8.63. The minimum absolute atomic E-state index is 0.203. The lowest BCUT2D eigenvalue weighted by Crippen LogP contribution is -2.33. The molecule has 1 fully saturated rings. The summed E-state index contributed by atoms with van der Waals surface area (Å²) in [4.78, 5) is 23.3.